The second kappa shape index (κ2) is 23.2. The van der Waals surface area contributed by atoms with Gasteiger partial charge < -0.3 is 12.8 Å². The van der Waals surface area contributed by atoms with Crippen LogP contribution in [0.3, 0.4) is 0 Å². The molecule has 324 valence electrons. The summed E-state index contributed by atoms with van der Waals surface area (Å²) < 4.78 is 0. The molecule has 0 radical (unpaired) electrons. The van der Waals surface area contributed by atoms with Crippen LogP contribution in [-0.4, -0.2) is 5.90 Å². The third-order valence-electron chi connectivity index (χ3n) is 12.0. The summed E-state index contributed by atoms with van der Waals surface area (Å²) in [6.07, 6.45) is 14.9. The van der Waals surface area contributed by atoms with Gasteiger partial charge in [0.1, 0.15) is 37.1 Å². The van der Waals surface area contributed by atoms with Crippen LogP contribution >= 0.6 is 15.8 Å². The molecule has 0 saturated carbocycles. The summed E-state index contributed by atoms with van der Waals surface area (Å²) in [5, 5.41) is 15.3. The Morgan fingerprint density at radius 1 is 0.323 bits per heavy atom. The van der Waals surface area contributed by atoms with E-state index in [0.717, 1.165) is 54.2 Å². The van der Waals surface area contributed by atoms with Gasteiger partial charge in [0.15, 0.2) is 5.90 Å². The number of fused-ring (bicyclic) bond motifs is 4. The fraction of sp³-hybridized carbons (Fsp3) is 0.0820. The molecule has 10 aromatic carbocycles. The average Bonchev–Trinajstić information content (AvgIpc) is 3.32. The van der Waals surface area contributed by atoms with Crippen molar-refractivity contribution in [2.45, 2.75) is 27.7 Å². The number of benzene rings is 10. The van der Waals surface area contributed by atoms with Crippen LogP contribution in [0, 0.1) is 52.4 Å². The molecular formula is C61H50Ag2P2+2. The first-order chi connectivity index (χ1) is 30.9. The Morgan fingerprint density at radius 3 is 0.769 bits per heavy atom. The Morgan fingerprint density at radius 2 is 0.538 bits per heavy atom. The molecule has 0 aliphatic heterocycles. The monoisotopic (exact) mass is 1060 g/mol. The van der Waals surface area contributed by atoms with E-state index in [9.17, 15) is 0 Å². The van der Waals surface area contributed by atoms with E-state index >= 15 is 0 Å². The van der Waals surface area contributed by atoms with Crippen molar-refractivity contribution in [2.75, 3.05) is 5.90 Å². The fourth-order valence-electron chi connectivity index (χ4n) is 8.79. The molecule has 0 nitrogen and oxygen atoms in total. The van der Waals surface area contributed by atoms with Gasteiger partial charge in [-0.1, -0.05) is 191 Å². The molecule has 0 aromatic heterocycles. The minimum atomic E-state index is -0.941. The number of rotatable bonds is 6. The normalized spacial score (nSPS) is 10.5. The van der Waals surface area contributed by atoms with Gasteiger partial charge >= 0.3 is 44.8 Å². The van der Waals surface area contributed by atoms with Crippen LogP contribution in [0.25, 0.3) is 43.1 Å². The van der Waals surface area contributed by atoms with Crippen LogP contribution in [0.4, 0.5) is 0 Å². The summed E-state index contributed by atoms with van der Waals surface area (Å²) in [5.41, 5.74) is 7.47. The molecule has 0 bridgehead atoms. The van der Waals surface area contributed by atoms with Crippen molar-refractivity contribution >= 4 is 80.2 Å². The molecular weight excluding hydrogens is 1010 g/mol. The van der Waals surface area contributed by atoms with Crippen molar-refractivity contribution in [1.82, 2.24) is 0 Å². The third kappa shape index (κ3) is 11.0. The van der Waals surface area contributed by atoms with Crippen molar-refractivity contribution in [3.63, 3.8) is 0 Å². The maximum absolute atomic E-state index is 7.46. The van der Waals surface area contributed by atoms with Crippen LogP contribution in [-0.2, 0) is 44.8 Å². The largest absolute Gasteiger partial charge is 1.00 e. The van der Waals surface area contributed by atoms with Gasteiger partial charge in [-0.05, 0) is 108 Å². The SMILES string of the molecule is Cc1ccccc1[PH+](C[PH+](c1ccccc1C)c1ccccc1C)c1ccccc1C.[Ag+].[Ag+].[C-]#Cc1c2ccccc2cc2ccccc12.[C-]#Cc1c2ccccc2cc2ccccc12. The first-order valence-electron chi connectivity index (χ1n) is 21.5. The predicted octanol–water partition coefficient (Wildman–Crippen LogP) is 13.8. The van der Waals surface area contributed by atoms with Crippen LogP contribution in [0.15, 0.2) is 206 Å². The molecule has 65 heavy (non-hydrogen) atoms. The molecule has 0 aliphatic carbocycles. The van der Waals surface area contributed by atoms with Crippen molar-refractivity contribution in [3.8, 4) is 11.8 Å². The van der Waals surface area contributed by atoms with E-state index in [0.29, 0.717) is 0 Å². The minimum Gasteiger partial charge on any atom is -0.366 e. The van der Waals surface area contributed by atoms with Crippen molar-refractivity contribution in [1.29, 1.82) is 0 Å². The molecule has 0 aliphatic rings. The Balaban J connectivity index is 0.000000173. The first-order valence-corrected chi connectivity index (χ1v) is 24.9. The number of hydrogen-bond acceptors (Lipinski definition) is 0. The minimum absolute atomic E-state index is 0. The fourth-order valence-corrected chi connectivity index (χ4v) is 17.3. The average molecular weight is 1060 g/mol. The van der Waals surface area contributed by atoms with Gasteiger partial charge in [-0.15, -0.1) is 11.1 Å². The van der Waals surface area contributed by atoms with Crippen molar-refractivity contribution < 1.29 is 44.8 Å². The standard InChI is InChI=1S/C29H30P2.2C16H9.2Ag/c1-22-13-5-9-17-26(22)30(27-18-10-6-14-23(27)2)21-31(28-19-11-7-15-24(28)3)29-20-12-8-16-25(29)4;2*1-2-14-15-9-5-3-7-12(15)11-13-8-4-6-10-16(13)14;;/h5-20H,21H2,1-4H3;2*3-11H;;/q;2*-1;2*+1/p+2. The van der Waals surface area contributed by atoms with Gasteiger partial charge in [-0.25, -0.2) is 0 Å². The molecule has 0 atom stereocenters. The zero-order chi connectivity index (χ0) is 43.7. The van der Waals surface area contributed by atoms with Gasteiger partial charge in [0.25, 0.3) is 0 Å². The van der Waals surface area contributed by atoms with Gasteiger partial charge in [-0.3, -0.25) is 11.8 Å². The molecule has 0 unspecified atom stereocenters. The second-order valence-electron chi connectivity index (χ2n) is 16.0. The molecule has 0 spiro atoms. The number of aryl methyl sites for hydroxylation is 4. The summed E-state index contributed by atoms with van der Waals surface area (Å²) in [6, 6.07) is 73.1. The van der Waals surface area contributed by atoms with Crippen LogP contribution in [0.5, 0.6) is 0 Å². The van der Waals surface area contributed by atoms with Crippen LogP contribution in [0.1, 0.15) is 33.4 Å². The maximum Gasteiger partial charge on any atom is 1.00 e. The summed E-state index contributed by atoms with van der Waals surface area (Å²) in [7, 11) is -1.88. The maximum atomic E-state index is 7.46. The molecule has 4 heteroatoms. The quantitative estimate of drug-likeness (QED) is 0.0512. The van der Waals surface area contributed by atoms with E-state index in [2.05, 4.69) is 173 Å². The summed E-state index contributed by atoms with van der Waals surface area (Å²) in [4.78, 5) is 0. The molecule has 0 fully saturated rings. The van der Waals surface area contributed by atoms with E-state index < -0.39 is 15.8 Å². The molecule has 0 heterocycles. The van der Waals surface area contributed by atoms with E-state index in [1.807, 2.05) is 72.8 Å². The molecule has 0 saturated heterocycles. The van der Waals surface area contributed by atoms with Crippen molar-refractivity contribution in [2.24, 2.45) is 0 Å². The first kappa shape index (κ1) is 49.1. The third-order valence-corrected chi connectivity index (χ3v) is 19.7. The van der Waals surface area contributed by atoms with E-state index in [1.54, 1.807) is 21.2 Å². The van der Waals surface area contributed by atoms with Crippen LogP contribution < -0.4 is 21.2 Å². The number of hydrogen-bond donors (Lipinski definition) is 0. The van der Waals surface area contributed by atoms with Gasteiger partial charge in [0.05, 0.1) is 0 Å². The van der Waals surface area contributed by atoms with Crippen LogP contribution in [0.2, 0.25) is 0 Å². The van der Waals surface area contributed by atoms with Gasteiger partial charge in [0.2, 0.25) is 0 Å². The second-order valence-corrected chi connectivity index (χ2v) is 21.5. The zero-order valence-corrected chi connectivity index (χ0v) is 41.9. The predicted molar refractivity (Wildman–Crippen MR) is 280 cm³/mol. The Kier molecular flexibility index (Phi) is 17.6. The molecule has 0 N–H and O–H groups in total. The Bertz CT molecular complexity index is 2900. The summed E-state index contributed by atoms with van der Waals surface area (Å²) >= 11 is 0. The van der Waals surface area contributed by atoms with E-state index in [1.165, 1.54) is 28.2 Å². The molecule has 10 aromatic rings. The Hall–Kier alpha value is -5.30. The summed E-state index contributed by atoms with van der Waals surface area (Å²) in [6.45, 7) is 9.14. The summed E-state index contributed by atoms with van der Waals surface area (Å²) in [5.74, 6) is 6.38. The molecule has 0 amide bonds. The Labute approximate surface area is 419 Å². The molecule has 10 rings (SSSR count). The zero-order valence-electron chi connectivity index (χ0n) is 36.9. The topological polar surface area (TPSA) is 0 Å². The van der Waals surface area contributed by atoms with Crippen molar-refractivity contribution in [3.05, 3.63) is 252 Å². The van der Waals surface area contributed by atoms with E-state index in [-0.39, 0.29) is 44.8 Å². The van der Waals surface area contributed by atoms with Gasteiger partial charge in [0, 0.05) is 0 Å². The van der Waals surface area contributed by atoms with E-state index in [4.69, 9.17) is 12.8 Å². The smallest absolute Gasteiger partial charge is 0.366 e. The van der Waals surface area contributed by atoms with Gasteiger partial charge in [-0.2, -0.15) is 0 Å².